The van der Waals surface area contributed by atoms with E-state index in [1.54, 1.807) is 9.80 Å². The zero-order valence-corrected chi connectivity index (χ0v) is 11.4. The lowest BCUT2D eigenvalue weighted by Crippen LogP contribution is -2.53. The molecule has 2 atom stereocenters. The van der Waals surface area contributed by atoms with Gasteiger partial charge in [0, 0.05) is 26.2 Å². The molecule has 2 rings (SSSR count). The molecule has 0 radical (unpaired) electrons. The Kier molecular flexibility index (Phi) is 4.63. The van der Waals surface area contributed by atoms with Crippen molar-refractivity contribution in [1.29, 1.82) is 0 Å². The maximum atomic E-state index is 12.4. The van der Waals surface area contributed by atoms with E-state index in [2.05, 4.69) is 0 Å². The topological polar surface area (TPSA) is 70.1 Å². The van der Waals surface area contributed by atoms with Gasteiger partial charge in [0.15, 0.2) is 0 Å². The van der Waals surface area contributed by atoms with E-state index in [0.29, 0.717) is 39.2 Å². The first-order valence-electron chi connectivity index (χ1n) is 7.00. The number of carbonyl (C=O) groups is 2. The maximum Gasteiger partial charge on any atom is 0.320 e. The Bertz CT molecular complexity index is 348. The number of nitrogens with zero attached hydrogens (tertiary/aromatic N) is 2. The molecule has 2 aliphatic rings. The number of piperidine rings is 1. The highest BCUT2D eigenvalue weighted by atomic mass is 16.5. The predicted octanol–water partition coefficient (Wildman–Crippen LogP) is 1.01. The van der Waals surface area contributed by atoms with Crippen LogP contribution in [-0.4, -0.2) is 65.8 Å². The number of carboxylic acids is 1. The summed E-state index contributed by atoms with van der Waals surface area (Å²) in [7, 11) is 0. The number of urea groups is 1. The SMILES string of the molecule is CCC1CN(C(=O)N2CCCC(C(=O)O)C2)CCO1. The first-order chi connectivity index (χ1) is 9.11. The molecule has 0 aliphatic carbocycles. The van der Waals surface area contributed by atoms with Crippen LogP contribution in [0.1, 0.15) is 26.2 Å². The Morgan fingerprint density at radius 3 is 2.68 bits per heavy atom. The fourth-order valence-electron chi connectivity index (χ4n) is 2.69. The number of hydrogen-bond acceptors (Lipinski definition) is 3. The molecule has 2 amide bonds. The van der Waals surface area contributed by atoms with Crippen LogP contribution in [0.4, 0.5) is 4.79 Å². The summed E-state index contributed by atoms with van der Waals surface area (Å²) in [6, 6.07) is -0.0345. The van der Waals surface area contributed by atoms with Crippen LogP contribution in [0.2, 0.25) is 0 Å². The van der Waals surface area contributed by atoms with Crippen LogP contribution in [0.3, 0.4) is 0 Å². The minimum atomic E-state index is -0.800. The number of aliphatic carboxylic acids is 1. The van der Waals surface area contributed by atoms with Crippen molar-refractivity contribution in [3.63, 3.8) is 0 Å². The van der Waals surface area contributed by atoms with Gasteiger partial charge in [-0.1, -0.05) is 6.92 Å². The van der Waals surface area contributed by atoms with Gasteiger partial charge in [-0.2, -0.15) is 0 Å². The van der Waals surface area contributed by atoms with E-state index in [4.69, 9.17) is 9.84 Å². The van der Waals surface area contributed by atoms with Crippen molar-refractivity contribution in [2.75, 3.05) is 32.8 Å². The van der Waals surface area contributed by atoms with Crippen LogP contribution in [0.5, 0.6) is 0 Å². The molecule has 2 fully saturated rings. The molecule has 2 heterocycles. The summed E-state index contributed by atoms with van der Waals surface area (Å²) in [6.45, 7) is 4.83. The first-order valence-corrected chi connectivity index (χ1v) is 7.00. The van der Waals surface area contributed by atoms with Crippen molar-refractivity contribution < 1.29 is 19.4 Å². The van der Waals surface area contributed by atoms with Gasteiger partial charge in [-0.3, -0.25) is 4.79 Å². The number of rotatable bonds is 2. The quantitative estimate of drug-likeness (QED) is 0.813. The summed E-state index contributed by atoms with van der Waals surface area (Å²) in [5.41, 5.74) is 0. The smallest absolute Gasteiger partial charge is 0.320 e. The zero-order chi connectivity index (χ0) is 13.8. The number of likely N-dealkylation sites (tertiary alicyclic amines) is 1. The van der Waals surface area contributed by atoms with Crippen molar-refractivity contribution in [3.8, 4) is 0 Å². The van der Waals surface area contributed by atoms with E-state index in [0.717, 1.165) is 12.8 Å². The summed E-state index contributed by atoms with van der Waals surface area (Å²) >= 11 is 0. The standard InChI is InChI=1S/C13H22N2O4/c1-2-11-9-15(6-7-19-11)13(18)14-5-3-4-10(8-14)12(16)17/h10-11H,2-9H2,1H3,(H,16,17). The summed E-state index contributed by atoms with van der Waals surface area (Å²) in [5.74, 6) is -1.22. The number of amides is 2. The zero-order valence-electron chi connectivity index (χ0n) is 11.4. The highest BCUT2D eigenvalue weighted by molar-refractivity contribution is 5.76. The second-order valence-electron chi connectivity index (χ2n) is 5.25. The number of ether oxygens (including phenoxy) is 1. The molecule has 2 saturated heterocycles. The van der Waals surface area contributed by atoms with Crippen molar-refractivity contribution in [3.05, 3.63) is 0 Å². The molecule has 0 aromatic heterocycles. The molecule has 0 aromatic carbocycles. The number of hydrogen-bond donors (Lipinski definition) is 1. The van der Waals surface area contributed by atoms with Crippen molar-refractivity contribution in [2.24, 2.45) is 5.92 Å². The third kappa shape index (κ3) is 3.37. The number of carboxylic acid groups (broad SMARTS) is 1. The van der Waals surface area contributed by atoms with Gasteiger partial charge in [0.05, 0.1) is 18.6 Å². The molecule has 1 N–H and O–H groups in total. The molecule has 6 nitrogen and oxygen atoms in total. The summed E-state index contributed by atoms with van der Waals surface area (Å²) in [6.07, 6.45) is 2.43. The van der Waals surface area contributed by atoms with E-state index in [1.165, 1.54) is 0 Å². The lowest BCUT2D eigenvalue weighted by molar-refractivity contribution is -0.143. The maximum absolute atomic E-state index is 12.4. The van der Waals surface area contributed by atoms with Gasteiger partial charge in [0.25, 0.3) is 0 Å². The molecule has 19 heavy (non-hydrogen) atoms. The highest BCUT2D eigenvalue weighted by Crippen LogP contribution is 2.19. The lowest BCUT2D eigenvalue weighted by atomic mass is 9.98. The molecular weight excluding hydrogens is 248 g/mol. The van der Waals surface area contributed by atoms with E-state index < -0.39 is 11.9 Å². The molecule has 2 unspecified atom stereocenters. The van der Waals surface area contributed by atoms with Crippen molar-refractivity contribution >= 4 is 12.0 Å². The second kappa shape index (κ2) is 6.23. The predicted molar refractivity (Wildman–Crippen MR) is 68.9 cm³/mol. The van der Waals surface area contributed by atoms with Crippen LogP contribution in [-0.2, 0) is 9.53 Å². The van der Waals surface area contributed by atoms with Crippen LogP contribution in [0.25, 0.3) is 0 Å². The molecule has 6 heteroatoms. The Hall–Kier alpha value is -1.30. The number of morpholine rings is 1. The van der Waals surface area contributed by atoms with E-state index in [1.807, 2.05) is 6.92 Å². The molecule has 0 spiro atoms. The van der Waals surface area contributed by atoms with Crippen molar-refractivity contribution in [1.82, 2.24) is 9.80 Å². The van der Waals surface area contributed by atoms with Crippen LogP contribution < -0.4 is 0 Å². The Morgan fingerprint density at radius 1 is 1.26 bits per heavy atom. The minimum absolute atomic E-state index is 0.0345. The molecule has 0 bridgehead atoms. The fourth-order valence-corrected chi connectivity index (χ4v) is 2.69. The highest BCUT2D eigenvalue weighted by Gasteiger charge is 2.32. The van der Waals surface area contributed by atoms with Crippen LogP contribution in [0, 0.1) is 5.92 Å². The Morgan fingerprint density at radius 2 is 2.00 bits per heavy atom. The average Bonchev–Trinajstić information content (AvgIpc) is 2.46. The van der Waals surface area contributed by atoms with E-state index in [9.17, 15) is 9.59 Å². The van der Waals surface area contributed by atoms with Gasteiger partial charge >= 0.3 is 12.0 Å². The molecular formula is C13H22N2O4. The molecule has 108 valence electrons. The average molecular weight is 270 g/mol. The number of carbonyl (C=O) groups excluding carboxylic acids is 1. The fraction of sp³-hybridized carbons (Fsp3) is 0.846. The summed E-state index contributed by atoms with van der Waals surface area (Å²) < 4.78 is 5.55. The van der Waals surface area contributed by atoms with Crippen LogP contribution in [0.15, 0.2) is 0 Å². The normalized spacial score (nSPS) is 28.3. The molecule has 0 aromatic rings. The van der Waals surface area contributed by atoms with E-state index >= 15 is 0 Å². The second-order valence-corrected chi connectivity index (χ2v) is 5.25. The van der Waals surface area contributed by atoms with Gasteiger partial charge in [-0.15, -0.1) is 0 Å². The first kappa shape index (κ1) is 14.1. The lowest BCUT2D eigenvalue weighted by Gasteiger charge is -2.38. The van der Waals surface area contributed by atoms with Crippen molar-refractivity contribution in [2.45, 2.75) is 32.3 Å². The van der Waals surface area contributed by atoms with Gasteiger partial charge in [-0.05, 0) is 19.3 Å². The van der Waals surface area contributed by atoms with Crippen LogP contribution >= 0.6 is 0 Å². The third-order valence-electron chi connectivity index (χ3n) is 3.91. The van der Waals surface area contributed by atoms with Gasteiger partial charge in [-0.25, -0.2) is 4.79 Å². The van der Waals surface area contributed by atoms with Gasteiger partial charge in [0.2, 0.25) is 0 Å². The monoisotopic (exact) mass is 270 g/mol. The molecule has 0 saturated carbocycles. The third-order valence-corrected chi connectivity index (χ3v) is 3.91. The van der Waals surface area contributed by atoms with Gasteiger partial charge < -0.3 is 19.6 Å². The minimum Gasteiger partial charge on any atom is -0.481 e. The molecule has 2 aliphatic heterocycles. The summed E-state index contributed by atoms with van der Waals surface area (Å²) in [5, 5.41) is 9.06. The van der Waals surface area contributed by atoms with E-state index in [-0.39, 0.29) is 12.1 Å². The van der Waals surface area contributed by atoms with Gasteiger partial charge in [0.1, 0.15) is 0 Å². The Balaban J connectivity index is 1.93. The summed E-state index contributed by atoms with van der Waals surface area (Å²) in [4.78, 5) is 26.9. The largest absolute Gasteiger partial charge is 0.481 e. The Labute approximate surface area is 113 Å².